The van der Waals surface area contributed by atoms with Gasteiger partial charge in [-0.05, 0) is 43.5 Å². The van der Waals surface area contributed by atoms with Gasteiger partial charge in [-0.3, -0.25) is 14.9 Å². The second-order valence-corrected chi connectivity index (χ2v) is 9.55. The average Bonchev–Trinajstić information content (AvgIpc) is 3.01. The highest BCUT2D eigenvalue weighted by molar-refractivity contribution is 7.89. The van der Waals surface area contributed by atoms with Crippen LogP contribution in [0.3, 0.4) is 0 Å². The van der Waals surface area contributed by atoms with Gasteiger partial charge in [-0.1, -0.05) is 12.1 Å². The van der Waals surface area contributed by atoms with Crippen LogP contribution in [0.4, 0.5) is 11.4 Å². The highest BCUT2D eigenvalue weighted by atomic mass is 32.2. The second kappa shape index (κ2) is 8.64. The zero-order valence-electron chi connectivity index (χ0n) is 16.8. The monoisotopic (exact) mass is 445 g/mol. The SMILES string of the molecule is O=C(C1CCCN(S(=O)(=O)c2ccc([N+](=O)[O-])cc2)C1)N1CCCOc2ccccc21. The Hall–Kier alpha value is -2.98. The summed E-state index contributed by atoms with van der Waals surface area (Å²) in [5, 5.41) is 10.8. The lowest BCUT2D eigenvalue weighted by Crippen LogP contribution is -2.47. The Morgan fingerprint density at radius 2 is 1.81 bits per heavy atom. The van der Waals surface area contributed by atoms with E-state index in [-0.39, 0.29) is 23.0 Å². The first-order valence-electron chi connectivity index (χ1n) is 10.2. The van der Waals surface area contributed by atoms with Crippen molar-refractivity contribution in [3.8, 4) is 5.75 Å². The van der Waals surface area contributed by atoms with Crippen LogP contribution in [0, 0.1) is 16.0 Å². The number of amides is 1. The van der Waals surface area contributed by atoms with Gasteiger partial charge in [0.15, 0.2) is 0 Å². The number of nitro benzene ring substituents is 1. The van der Waals surface area contributed by atoms with Gasteiger partial charge in [0.1, 0.15) is 5.75 Å². The summed E-state index contributed by atoms with van der Waals surface area (Å²) < 4.78 is 33.2. The van der Waals surface area contributed by atoms with E-state index in [1.165, 1.54) is 28.6 Å². The van der Waals surface area contributed by atoms with E-state index in [0.29, 0.717) is 50.4 Å². The Morgan fingerprint density at radius 1 is 1.06 bits per heavy atom. The number of piperidine rings is 1. The number of rotatable bonds is 4. The first-order valence-corrected chi connectivity index (χ1v) is 11.6. The van der Waals surface area contributed by atoms with Gasteiger partial charge in [0.2, 0.25) is 15.9 Å². The number of benzene rings is 2. The van der Waals surface area contributed by atoms with Crippen molar-refractivity contribution < 1.29 is 22.9 Å². The Balaban J connectivity index is 1.54. The Bertz CT molecular complexity index is 1090. The summed E-state index contributed by atoms with van der Waals surface area (Å²) in [5.74, 6) is 0.0776. The topological polar surface area (TPSA) is 110 Å². The molecule has 2 aromatic carbocycles. The predicted octanol–water partition coefficient (Wildman–Crippen LogP) is 2.81. The van der Waals surface area contributed by atoms with E-state index >= 15 is 0 Å². The van der Waals surface area contributed by atoms with Gasteiger partial charge in [0, 0.05) is 31.8 Å². The van der Waals surface area contributed by atoms with Crippen LogP contribution in [0.25, 0.3) is 0 Å². The molecular weight excluding hydrogens is 422 g/mol. The summed E-state index contributed by atoms with van der Waals surface area (Å²) in [6.07, 6.45) is 1.86. The number of fused-ring (bicyclic) bond motifs is 1. The van der Waals surface area contributed by atoms with E-state index in [2.05, 4.69) is 0 Å². The highest BCUT2D eigenvalue weighted by Crippen LogP contribution is 2.33. The van der Waals surface area contributed by atoms with E-state index in [1.807, 2.05) is 24.3 Å². The maximum Gasteiger partial charge on any atom is 0.269 e. The van der Waals surface area contributed by atoms with Crippen molar-refractivity contribution in [1.29, 1.82) is 0 Å². The molecule has 1 unspecified atom stereocenters. The van der Waals surface area contributed by atoms with Crippen LogP contribution in [0.1, 0.15) is 19.3 Å². The molecule has 0 aliphatic carbocycles. The molecule has 2 aromatic rings. The zero-order chi connectivity index (χ0) is 22.0. The molecular formula is C21H23N3O6S. The number of non-ortho nitro benzene ring substituents is 1. The van der Waals surface area contributed by atoms with Crippen LogP contribution >= 0.6 is 0 Å². The van der Waals surface area contributed by atoms with Crippen molar-refractivity contribution in [2.24, 2.45) is 5.92 Å². The van der Waals surface area contributed by atoms with E-state index in [9.17, 15) is 23.3 Å². The van der Waals surface area contributed by atoms with Crippen LogP contribution in [0.5, 0.6) is 5.75 Å². The highest BCUT2D eigenvalue weighted by Gasteiger charge is 2.36. The fourth-order valence-electron chi connectivity index (χ4n) is 4.03. The maximum absolute atomic E-state index is 13.4. The molecule has 9 nitrogen and oxygen atoms in total. The van der Waals surface area contributed by atoms with E-state index in [0.717, 1.165) is 0 Å². The molecule has 1 atom stereocenters. The van der Waals surface area contributed by atoms with E-state index in [1.54, 1.807) is 4.90 Å². The Morgan fingerprint density at radius 3 is 2.55 bits per heavy atom. The standard InChI is InChI=1S/C21H23N3O6S/c25-21(23-13-4-14-30-20-7-2-1-6-19(20)23)16-5-3-12-22(15-16)31(28,29)18-10-8-17(9-11-18)24(26)27/h1-2,6-11,16H,3-5,12-15H2. The number of hydrogen-bond acceptors (Lipinski definition) is 6. The first-order chi connectivity index (χ1) is 14.9. The molecule has 2 aliphatic heterocycles. The van der Waals surface area contributed by atoms with Crippen LogP contribution in [-0.2, 0) is 14.8 Å². The normalized spacial score (nSPS) is 19.7. The molecule has 1 fully saturated rings. The van der Waals surface area contributed by atoms with Crippen LogP contribution in [0.15, 0.2) is 53.4 Å². The lowest BCUT2D eigenvalue weighted by Gasteiger charge is -2.34. The molecule has 0 saturated carbocycles. The van der Waals surface area contributed by atoms with Gasteiger partial charge in [-0.15, -0.1) is 0 Å². The van der Waals surface area contributed by atoms with Gasteiger partial charge >= 0.3 is 0 Å². The van der Waals surface area contributed by atoms with Crippen molar-refractivity contribution in [1.82, 2.24) is 4.31 Å². The number of nitrogens with zero attached hydrogens (tertiary/aromatic N) is 3. The number of hydrogen-bond donors (Lipinski definition) is 0. The lowest BCUT2D eigenvalue weighted by atomic mass is 9.97. The molecule has 31 heavy (non-hydrogen) atoms. The van der Waals surface area contributed by atoms with Crippen molar-refractivity contribution in [3.05, 3.63) is 58.6 Å². The number of carbonyl (C=O) groups excluding carboxylic acids is 1. The van der Waals surface area contributed by atoms with Crippen molar-refractivity contribution >= 4 is 27.3 Å². The molecule has 10 heteroatoms. The van der Waals surface area contributed by atoms with Crippen molar-refractivity contribution in [2.75, 3.05) is 31.1 Å². The molecule has 1 amide bonds. The number of anilines is 1. The van der Waals surface area contributed by atoms with Crippen LogP contribution < -0.4 is 9.64 Å². The van der Waals surface area contributed by atoms with Gasteiger partial charge in [0.05, 0.1) is 28.0 Å². The molecule has 1 saturated heterocycles. The summed E-state index contributed by atoms with van der Waals surface area (Å²) in [4.78, 5) is 25.3. The van der Waals surface area contributed by atoms with Gasteiger partial charge < -0.3 is 9.64 Å². The molecule has 0 spiro atoms. The largest absolute Gasteiger partial charge is 0.491 e. The number of carbonyl (C=O) groups is 1. The third-order valence-corrected chi connectivity index (χ3v) is 7.50. The van der Waals surface area contributed by atoms with Gasteiger partial charge in [-0.25, -0.2) is 8.42 Å². The summed E-state index contributed by atoms with van der Waals surface area (Å²) in [5.41, 5.74) is 0.535. The molecule has 0 bridgehead atoms. The van der Waals surface area contributed by atoms with E-state index < -0.39 is 20.9 Å². The zero-order valence-corrected chi connectivity index (χ0v) is 17.7. The van der Waals surface area contributed by atoms with Crippen LogP contribution in [-0.4, -0.2) is 49.8 Å². The number of para-hydroxylation sites is 2. The van der Waals surface area contributed by atoms with Gasteiger partial charge in [-0.2, -0.15) is 4.31 Å². The first kappa shape index (κ1) is 21.3. The fraction of sp³-hybridized carbons (Fsp3) is 0.381. The van der Waals surface area contributed by atoms with Crippen molar-refractivity contribution in [2.45, 2.75) is 24.2 Å². The minimum Gasteiger partial charge on any atom is -0.491 e. The fourth-order valence-corrected chi connectivity index (χ4v) is 5.55. The summed E-state index contributed by atoms with van der Waals surface area (Å²) in [7, 11) is -3.85. The number of nitro groups is 1. The number of ether oxygens (including phenoxy) is 1. The predicted molar refractivity (Wildman–Crippen MR) is 113 cm³/mol. The smallest absolute Gasteiger partial charge is 0.269 e. The second-order valence-electron chi connectivity index (χ2n) is 7.61. The minimum atomic E-state index is -3.85. The third-order valence-electron chi connectivity index (χ3n) is 5.62. The quantitative estimate of drug-likeness (QED) is 0.529. The molecule has 0 N–H and O–H groups in total. The molecule has 2 aliphatic rings. The minimum absolute atomic E-state index is 0.0142. The molecule has 164 valence electrons. The number of sulfonamides is 1. The van der Waals surface area contributed by atoms with Gasteiger partial charge in [0.25, 0.3) is 5.69 Å². The molecule has 0 aromatic heterocycles. The third kappa shape index (κ3) is 4.26. The molecule has 2 heterocycles. The Labute approximate surface area is 180 Å². The van der Waals surface area contributed by atoms with Crippen LogP contribution in [0.2, 0.25) is 0 Å². The van der Waals surface area contributed by atoms with Crippen molar-refractivity contribution in [3.63, 3.8) is 0 Å². The molecule has 4 rings (SSSR count). The summed E-state index contributed by atoms with van der Waals surface area (Å²) in [6.45, 7) is 1.42. The maximum atomic E-state index is 13.4. The average molecular weight is 445 g/mol. The van der Waals surface area contributed by atoms with E-state index in [4.69, 9.17) is 4.74 Å². The summed E-state index contributed by atoms with van der Waals surface area (Å²) in [6, 6.07) is 12.2. The lowest BCUT2D eigenvalue weighted by molar-refractivity contribution is -0.384. The Kier molecular flexibility index (Phi) is 5.92. The molecule has 0 radical (unpaired) electrons. The summed E-state index contributed by atoms with van der Waals surface area (Å²) >= 11 is 0.